The monoisotopic (exact) mass is 753 g/mol. The van der Waals surface area contributed by atoms with Gasteiger partial charge in [-0.25, -0.2) is 0 Å². The van der Waals surface area contributed by atoms with Crippen molar-refractivity contribution < 1.29 is 37.0 Å². The van der Waals surface area contributed by atoms with Crippen LogP contribution in [0.15, 0.2) is 0 Å². The molecular formula is C22H65O9Si10. The van der Waals surface area contributed by atoms with E-state index < -0.39 is 85.1 Å². The molecule has 0 aromatic heterocycles. The quantitative estimate of drug-likeness (QED) is 0.129. The van der Waals surface area contributed by atoms with E-state index in [0.717, 1.165) is 0 Å². The summed E-state index contributed by atoms with van der Waals surface area (Å²) in [5.74, 6) is 0. The smallest absolute Gasteiger partial charge is 0.417 e. The van der Waals surface area contributed by atoms with E-state index in [4.69, 9.17) is 37.0 Å². The summed E-state index contributed by atoms with van der Waals surface area (Å²) in [5.41, 5.74) is 0. The molecule has 0 saturated carbocycles. The lowest BCUT2D eigenvalue weighted by Crippen LogP contribution is -2.70. The average molecular weight is 755 g/mol. The van der Waals surface area contributed by atoms with Crippen LogP contribution >= 0.6 is 0 Å². The summed E-state index contributed by atoms with van der Waals surface area (Å²) < 4.78 is 61.4. The third kappa shape index (κ3) is 21.3. The second-order valence-corrected chi connectivity index (χ2v) is 56.1. The first-order valence-corrected chi connectivity index (χ1v) is 43.6. The summed E-state index contributed by atoms with van der Waals surface area (Å²) in [6, 6.07) is 0. The van der Waals surface area contributed by atoms with Gasteiger partial charge in [-0.1, -0.05) is 0 Å². The minimum atomic E-state index is -3.94. The molecule has 0 atom stereocenters. The van der Waals surface area contributed by atoms with Crippen LogP contribution in [0.2, 0.25) is 137 Å². The van der Waals surface area contributed by atoms with E-state index in [1.165, 1.54) is 0 Å². The van der Waals surface area contributed by atoms with Crippen LogP contribution in [-0.2, 0) is 37.0 Å². The van der Waals surface area contributed by atoms with Crippen molar-refractivity contribution in [3.05, 3.63) is 6.55 Å². The van der Waals surface area contributed by atoms with Crippen molar-refractivity contribution in [2.45, 2.75) is 137 Å². The number of hydrogen-bond acceptors (Lipinski definition) is 9. The lowest BCUT2D eigenvalue weighted by atomic mass is 11.8. The van der Waals surface area contributed by atoms with E-state index in [1.54, 1.807) is 0 Å². The molecule has 0 amide bonds. The Hall–Kier alpha value is 1.81. The molecule has 247 valence electrons. The summed E-state index contributed by atoms with van der Waals surface area (Å²) in [7, 11) is -26.7. The Morgan fingerprint density at radius 1 is 0.244 bits per heavy atom. The van der Waals surface area contributed by atoms with Crippen LogP contribution in [0.5, 0.6) is 0 Å². The van der Waals surface area contributed by atoms with Gasteiger partial charge >= 0.3 is 35.2 Å². The normalized spacial score (nSPS) is 16.0. The van der Waals surface area contributed by atoms with Crippen molar-refractivity contribution in [1.29, 1.82) is 0 Å². The topological polar surface area (TPSA) is 83.1 Å². The summed E-state index contributed by atoms with van der Waals surface area (Å²) in [6.07, 6.45) is 0. The highest BCUT2D eigenvalue weighted by molar-refractivity contribution is 6.95. The Bertz CT molecular complexity index is 682. The fourth-order valence-electron chi connectivity index (χ4n) is 4.43. The van der Waals surface area contributed by atoms with Gasteiger partial charge in [0, 0.05) is 26.2 Å². The molecule has 0 N–H and O–H groups in total. The van der Waals surface area contributed by atoms with Crippen LogP contribution in [0.3, 0.4) is 0 Å². The molecule has 1 radical (unpaired) electrons. The second-order valence-electron chi connectivity index (χ2n) is 16.9. The standard InChI is InChI=1S/C22H65O9Si10/c1-32(2,3)23-38(19,24-33(4,5)6)29-41(22,30-39(20,25-34(7,8)9)26-35(10,11)12)31-40(21,27-36(13,14)15)28-37(16,17)18/h22H2,1-21H3. The molecule has 0 aliphatic rings. The van der Waals surface area contributed by atoms with Gasteiger partial charge in [-0.3, -0.25) is 0 Å². The molecule has 0 aliphatic carbocycles. The van der Waals surface area contributed by atoms with Crippen LogP contribution in [0.4, 0.5) is 0 Å². The van der Waals surface area contributed by atoms with Gasteiger partial charge in [0.25, 0.3) is 0 Å². The van der Waals surface area contributed by atoms with Crippen molar-refractivity contribution in [1.82, 2.24) is 0 Å². The lowest BCUT2D eigenvalue weighted by molar-refractivity contribution is 0.130. The minimum Gasteiger partial charge on any atom is -0.417 e. The van der Waals surface area contributed by atoms with Crippen molar-refractivity contribution >= 4 is 85.1 Å². The highest BCUT2D eigenvalue weighted by Crippen LogP contribution is 2.34. The highest BCUT2D eigenvalue weighted by Gasteiger charge is 2.61. The fraction of sp³-hybridized carbons (Fsp3) is 0.955. The molecule has 9 nitrogen and oxygen atoms in total. The maximum Gasteiger partial charge on any atom is 0.478 e. The first kappa shape index (κ1) is 42.8. The van der Waals surface area contributed by atoms with Gasteiger partial charge in [0.1, 0.15) is 0 Å². The van der Waals surface area contributed by atoms with Crippen LogP contribution in [0.25, 0.3) is 0 Å². The summed E-state index contributed by atoms with van der Waals surface area (Å²) >= 11 is 0. The zero-order chi connectivity index (χ0) is 33.4. The van der Waals surface area contributed by atoms with E-state index >= 15 is 0 Å². The molecule has 0 rings (SSSR count). The molecule has 0 aromatic carbocycles. The van der Waals surface area contributed by atoms with Crippen LogP contribution in [0.1, 0.15) is 0 Å². The molecule has 0 bridgehead atoms. The third-order valence-electron chi connectivity index (χ3n) is 3.97. The van der Waals surface area contributed by atoms with Gasteiger partial charge < -0.3 is 37.0 Å². The SMILES string of the molecule is [CH2][Si](O[Si](C)(O[Si](C)(C)C)O[Si](C)(C)C)(O[Si](C)(O[Si](C)(C)C)O[Si](C)(C)C)O[Si](C)(O[Si](C)(C)C)O[Si](C)(C)C. The maximum atomic E-state index is 6.99. The van der Waals surface area contributed by atoms with Crippen molar-refractivity contribution in [2.24, 2.45) is 0 Å². The van der Waals surface area contributed by atoms with Gasteiger partial charge in [-0.15, -0.1) is 0 Å². The first-order chi connectivity index (χ1) is 17.4. The predicted molar refractivity (Wildman–Crippen MR) is 196 cm³/mol. The minimum absolute atomic E-state index is 1.94. The molecule has 0 fully saturated rings. The van der Waals surface area contributed by atoms with E-state index in [-0.39, 0.29) is 0 Å². The zero-order valence-electron chi connectivity index (χ0n) is 30.4. The van der Waals surface area contributed by atoms with E-state index in [1.807, 2.05) is 19.6 Å². The summed E-state index contributed by atoms with van der Waals surface area (Å²) in [6.45, 7) is 48.8. The first-order valence-electron chi connectivity index (χ1n) is 14.5. The van der Waals surface area contributed by atoms with Gasteiger partial charge in [0.15, 0.2) is 49.9 Å². The molecule has 0 spiro atoms. The van der Waals surface area contributed by atoms with Crippen molar-refractivity contribution in [3.8, 4) is 0 Å². The van der Waals surface area contributed by atoms with E-state index in [2.05, 4.69) is 124 Å². The Labute approximate surface area is 264 Å². The largest absolute Gasteiger partial charge is 0.478 e. The molecule has 41 heavy (non-hydrogen) atoms. The molecule has 0 aliphatic heterocycles. The molecule has 0 heterocycles. The zero-order valence-corrected chi connectivity index (χ0v) is 40.4. The number of rotatable bonds is 18. The fourth-order valence-corrected chi connectivity index (χ4v) is 44.4. The molecule has 0 aromatic rings. The molecule has 19 heteroatoms. The van der Waals surface area contributed by atoms with Gasteiger partial charge in [-0.2, -0.15) is 0 Å². The van der Waals surface area contributed by atoms with E-state index in [0.29, 0.717) is 0 Å². The average Bonchev–Trinajstić information content (AvgIpc) is 2.37. The molecule has 0 saturated heterocycles. The van der Waals surface area contributed by atoms with E-state index in [9.17, 15) is 0 Å². The predicted octanol–water partition coefficient (Wildman–Crippen LogP) is 8.16. The van der Waals surface area contributed by atoms with Gasteiger partial charge in [0.2, 0.25) is 0 Å². The highest BCUT2D eigenvalue weighted by atomic mass is 28.6. The maximum absolute atomic E-state index is 6.99. The summed E-state index contributed by atoms with van der Waals surface area (Å²) in [5, 5.41) is 0. The van der Waals surface area contributed by atoms with Crippen LogP contribution in [-0.4, -0.2) is 85.1 Å². The Balaban J connectivity index is 7.24. The van der Waals surface area contributed by atoms with Crippen molar-refractivity contribution in [3.63, 3.8) is 0 Å². The Morgan fingerprint density at radius 2 is 0.366 bits per heavy atom. The third-order valence-corrected chi connectivity index (χ3v) is 35.7. The molecule has 0 unspecified atom stereocenters. The Kier molecular flexibility index (Phi) is 14.5. The number of hydrogen-bond donors (Lipinski definition) is 0. The lowest BCUT2D eigenvalue weighted by Gasteiger charge is -2.48. The second kappa shape index (κ2) is 13.9. The van der Waals surface area contributed by atoms with Gasteiger partial charge in [0.05, 0.1) is 0 Å². The Morgan fingerprint density at radius 3 is 0.463 bits per heavy atom. The van der Waals surface area contributed by atoms with Crippen LogP contribution < -0.4 is 0 Å². The van der Waals surface area contributed by atoms with Crippen LogP contribution in [0, 0.1) is 6.55 Å². The van der Waals surface area contributed by atoms with Crippen molar-refractivity contribution in [2.75, 3.05) is 0 Å². The summed E-state index contributed by atoms with van der Waals surface area (Å²) in [4.78, 5) is 0. The molecular weight excluding hydrogens is 689 g/mol. The van der Waals surface area contributed by atoms with Gasteiger partial charge in [-0.05, 0) is 118 Å².